The lowest BCUT2D eigenvalue weighted by molar-refractivity contribution is -0.148. The molecule has 0 aliphatic carbocycles. The SMILES string of the molecule is CCCCC(=O)C(N)(CCCCC(=O)O)C(=O)O. The lowest BCUT2D eigenvalue weighted by Gasteiger charge is -2.23. The maximum absolute atomic E-state index is 11.8. The van der Waals surface area contributed by atoms with Crippen molar-refractivity contribution >= 4 is 17.7 Å². The Balaban J connectivity index is 4.38. The number of aliphatic carboxylic acids is 2. The van der Waals surface area contributed by atoms with Gasteiger partial charge in [0.2, 0.25) is 0 Å². The molecule has 6 heteroatoms. The lowest BCUT2D eigenvalue weighted by Crippen LogP contribution is -2.54. The minimum atomic E-state index is -1.87. The molecule has 4 N–H and O–H groups in total. The van der Waals surface area contributed by atoms with Gasteiger partial charge in [-0.1, -0.05) is 13.3 Å². The van der Waals surface area contributed by atoms with Gasteiger partial charge < -0.3 is 15.9 Å². The number of hydrogen-bond acceptors (Lipinski definition) is 4. The second-order valence-electron chi connectivity index (χ2n) is 4.40. The van der Waals surface area contributed by atoms with Gasteiger partial charge in [-0.25, -0.2) is 4.79 Å². The van der Waals surface area contributed by atoms with E-state index in [4.69, 9.17) is 15.9 Å². The zero-order valence-corrected chi connectivity index (χ0v) is 10.6. The molecule has 0 aromatic heterocycles. The summed E-state index contributed by atoms with van der Waals surface area (Å²) in [6, 6.07) is 0. The van der Waals surface area contributed by atoms with Crippen LogP contribution in [0.1, 0.15) is 51.9 Å². The topological polar surface area (TPSA) is 118 Å². The van der Waals surface area contributed by atoms with Crippen LogP contribution >= 0.6 is 0 Å². The summed E-state index contributed by atoms with van der Waals surface area (Å²) in [4.78, 5) is 33.2. The Morgan fingerprint density at radius 2 is 1.67 bits per heavy atom. The summed E-state index contributed by atoms with van der Waals surface area (Å²) in [5.74, 6) is -2.75. The van der Waals surface area contributed by atoms with Gasteiger partial charge in [0.05, 0.1) is 0 Å². The highest BCUT2D eigenvalue weighted by atomic mass is 16.4. The van der Waals surface area contributed by atoms with Gasteiger partial charge in [-0.2, -0.15) is 0 Å². The molecule has 0 rings (SSSR count). The van der Waals surface area contributed by atoms with E-state index in [0.29, 0.717) is 19.3 Å². The largest absolute Gasteiger partial charge is 0.481 e. The highest BCUT2D eigenvalue weighted by molar-refractivity contribution is 6.07. The Morgan fingerprint density at radius 1 is 1.06 bits per heavy atom. The molecule has 0 spiro atoms. The lowest BCUT2D eigenvalue weighted by atomic mass is 9.86. The van der Waals surface area contributed by atoms with Crippen molar-refractivity contribution in [1.82, 2.24) is 0 Å². The van der Waals surface area contributed by atoms with Crippen LogP contribution < -0.4 is 5.73 Å². The number of carboxylic acids is 2. The monoisotopic (exact) mass is 259 g/mol. The van der Waals surface area contributed by atoms with Crippen LogP contribution in [0.2, 0.25) is 0 Å². The molecule has 1 atom stereocenters. The number of Topliss-reactive ketones (excluding diaryl/α,β-unsaturated/α-hetero) is 1. The first kappa shape index (κ1) is 16.6. The summed E-state index contributed by atoms with van der Waals surface area (Å²) in [7, 11) is 0. The van der Waals surface area contributed by atoms with Crippen LogP contribution in [0.4, 0.5) is 0 Å². The van der Waals surface area contributed by atoms with Crippen molar-refractivity contribution < 1.29 is 24.6 Å². The van der Waals surface area contributed by atoms with Crippen LogP contribution in [-0.4, -0.2) is 33.5 Å². The fraction of sp³-hybridized carbons (Fsp3) is 0.750. The first-order chi connectivity index (χ1) is 8.34. The number of nitrogens with two attached hydrogens (primary N) is 1. The molecule has 6 nitrogen and oxygen atoms in total. The zero-order chi connectivity index (χ0) is 14.2. The predicted octanol–water partition coefficient (Wildman–Crippen LogP) is 1.17. The minimum absolute atomic E-state index is 0.0157. The number of unbranched alkanes of at least 4 members (excludes halogenated alkanes) is 2. The molecule has 0 aromatic carbocycles. The van der Waals surface area contributed by atoms with Gasteiger partial charge in [0.25, 0.3) is 0 Å². The van der Waals surface area contributed by atoms with Gasteiger partial charge >= 0.3 is 11.9 Å². The summed E-state index contributed by atoms with van der Waals surface area (Å²) in [5, 5.41) is 17.5. The Bertz CT molecular complexity index is 316. The van der Waals surface area contributed by atoms with Crippen molar-refractivity contribution in [3.63, 3.8) is 0 Å². The van der Waals surface area contributed by atoms with E-state index in [1.54, 1.807) is 0 Å². The molecule has 0 aromatic rings. The Hall–Kier alpha value is -1.43. The molecule has 18 heavy (non-hydrogen) atoms. The first-order valence-electron chi connectivity index (χ1n) is 6.12. The highest BCUT2D eigenvalue weighted by Gasteiger charge is 2.40. The molecule has 0 bridgehead atoms. The predicted molar refractivity (Wildman–Crippen MR) is 65.2 cm³/mol. The van der Waals surface area contributed by atoms with Crippen LogP contribution in [0.3, 0.4) is 0 Å². The third-order valence-electron chi connectivity index (χ3n) is 2.85. The average Bonchev–Trinajstić information content (AvgIpc) is 2.30. The maximum Gasteiger partial charge on any atom is 0.331 e. The molecule has 1 unspecified atom stereocenters. The van der Waals surface area contributed by atoms with Crippen LogP contribution in [-0.2, 0) is 14.4 Å². The minimum Gasteiger partial charge on any atom is -0.481 e. The van der Waals surface area contributed by atoms with E-state index in [-0.39, 0.29) is 19.3 Å². The number of ketones is 1. The highest BCUT2D eigenvalue weighted by Crippen LogP contribution is 2.17. The van der Waals surface area contributed by atoms with Gasteiger partial charge in [-0.15, -0.1) is 0 Å². The summed E-state index contributed by atoms with van der Waals surface area (Å²) < 4.78 is 0. The van der Waals surface area contributed by atoms with Crippen LogP contribution in [0.5, 0.6) is 0 Å². The molecule has 0 saturated heterocycles. The van der Waals surface area contributed by atoms with E-state index >= 15 is 0 Å². The standard InChI is InChI=1S/C12H21NO5/c1-2-3-6-9(14)12(13,11(17)18)8-5-4-7-10(15)16/h2-8,13H2,1H3,(H,15,16)(H,17,18). The van der Waals surface area contributed by atoms with Crippen LogP contribution in [0, 0.1) is 0 Å². The number of carboxylic acid groups (broad SMARTS) is 2. The molecule has 0 aliphatic heterocycles. The van der Waals surface area contributed by atoms with Crippen molar-refractivity contribution in [2.24, 2.45) is 5.73 Å². The average molecular weight is 259 g/mol. The van der Waals surface area contributed by atoms with Gasteiger partial charge in [0.1, 0.15) is 0 Å². The molecule has 0 aliphatic rings. The van der Waals surface area contributed by atoms with E-state index in [1.165, 1.54) is 0 Å². The fourth-order valence-electron chi connectivity index (χ4n) is 1.61. The number of carbonyl (C=O) groups excluding carboxylic acids is 1. The van der Waals surface area contributed by atoms with Gasteiger partial charge in [-0.05, 0) is 25.7 Å². The van der Waals surface area contributed by atoms with Gasteiger partial charge in [-0.3, -0.25) is 9.59 Å². The van der Waals surface area contributed by atoms with E-state index in [1.807, 2.05) is 6.92 Å². The first-order valence-corrected chi connectivity index (χ1v) is 6.12. The smallest absolute Gasteiger partial charge is 0.331 e. The molecule has 0 heterocycles. The third-order valence-corrected chi connectivity index (χ3v) is 2.85. The van der Waals surface area contributed by atoms with E-state index < -0.39 is 23.3 Å². The van der Waals surface area contributed by atoms with Crippen molar-refractivity contribution in [3.05, 3.63) is 0 Å². The molecule has 0 fully saturated rings. The van der Waals surface area contributed by atoms with Crippen molar-refractivity contribution in [2.45, 2.75) is 57.4 Å². The number of hydrogen-bond donors (Lipinski definition) is 3. The van der Waals surface area contributed by atoms with E-state index in [2.05, 4.69) is 0 Å². The van der Waals surface area contributed by atoms with Gasteiger partial charge in [0.15, 0.2) is 11.3 Å². The number of rotatable bonds is 10. The van der Waals surface area contributed by atoms with Crippen LogP contribution in [0.15, 0.2) is 0 Å². The normalized spacial score (nSPS) is 13.9. The van der Waals surface area contributed by atoms with Crippen LogP contribution in [0.25, 0.3) is 0 Å². The van der Waals surface area contributed by atoms with Crippen molar-refractivity contribution in [1.29, 1.82) is 0 Å². The molecule has 0 amide bonds. The Morgan fingerprint density at radius 3 is 2.11 bits per heavy atom. The second kappa shape index (κ2) is 7.81. The Kier molecular flexibility index (Phi) is 7.19. The maximum atomic E-state index is 11.8. The van der Waals surface area contributed by atoms with Gasteiger partial charge in [0, 0.05) is 12.8 Å². The fourth-order valence-corrected chi connectivity index (χ4v) is 1.61. The molecule has 0 radical (unpaired) electrons. The summed E-state index contributed by atoms with van der Waals surface area (Å²) in [6.45, 7) is 1.90. The summed E-state index contributed by atoms with van der Waals surface area (Å²) in [6.07, 6.45) is 2.13. The summed E-state index contributed by atoms with van der Waals surface area (Å²) >= 11 is 0. The van der Waals surface area contributed by atoms with Crippen molar-refractivity contribution in [2.75, 3.05) is 0 Å². The molecule has 104 valence electrons. The molecule has 0 saturated carbocycles. The second-order valence-corrected chi connectivity index (χ2v) is 4.40. The van der Waals surface area contributed by atoms with E-state index in [9.17, 15) is 14.4 Å². The number of carbonyl (C=O) groups is 3. The van der Waals surface area contributed by atoms with Crippen molar-refractivity contribution in [3.8, 4) is 0 Å². The van der Waals surface area contributed by atoms with E-state index in [0.717, 1.165) is 6.42 Å². The molecular weight excluding hydrogens is 238 g/mol. The quantitative estimate of drug-likeness (QED) is 0.400. The summed E-state index contributed by atoms with van der Waals surface area (Å²) in [5.41, 5.74) is 3.78. The Labute approximate surface area is 106 Å². The third kappa shape index (κ3) is 5.27. The zero-order valence-electron chi connectivity index (χ0n) is 10.6. The molecular formula is C12H21NO5.